The van der Waals surface area contributed by atoms with Gasteiger partial charge in [-0.15, -0.1) is 0 Å². The molecule has 1 aliphatic carbocycles. The highest BCUT2D eigenvalue weighted by Gasteiger charge is 2.31. The van der Waals surface area contributed by atoms with Crippen molar-refractivity contribution in [2.24, 2.45) is 23.6 Å². The number of aromatic nitrogens is 1. The van der Waals surface area contributed by atoms with E-state index < -0.39 is 0 Å². The van der Waals surface area contributed by atoms with E-state index in [0.717, 1.165) is 24.0 Å². The second kappa shape index (κ2) is 6.49. The second-order valence-electron chi connectivity index (χ2n) is 6.07. The zero-order valence-electron chi connectivity index (χ0n) is 12.4. The van der Waals surface area contributed by atoms with Crippen LogP contribution in [0.5, 0.6) is 0 Å². The fourth-order valence-corrected chi connectivity index (χ4v) is 3.36. The molecule has 0 radical (unpaired) electrons. The summed E-state index contributed by atoms with van der Waals surface area (Å²) >= 11 is 0. The summed E-state index contributed by atoms with van der Waals surface area (Å²) in [5, 5.41) is 0. The van der Waals surface area contributed by atoms with Crippen LogP contribution in [0.25, 0.3) is 0 Å². The van der Waals surface area contributed by atoms with E-state index in [9.17, 15) is 0 Å². The first-order chi connectivity index (χ1) is 9.17. The van der Waals surface area contributed by atoms with Crippen molar-refractivity contribution >= 4 is 0 Å². The predicted octanol–water partition coefficient (Wildman–Crippen LogP) is 3.22. The highest BCUT2D eigenvalue weighted by Crippen LogP contribution is 2.39. The van der Waals surface area contributed by atoms with Crippen molar-refractivity contribution in [2.45, 2.75) is 52.5 Å². The molecule has 0 aliphatic heterocycles. The molecule has 0 aromatic carbocycles. The van der Waals surface area contributed by atoms with Gasteiger partial charge >= 0.3 is 0 Å². The normalized spacial score (nSPS) is 29.2. The van der Waals surface area contributed by atoms with Gasteiger partial charge in [0, 0.05) is 6.20 Å². The van der Waals surface area contributed by atoms with E-state index in [1.54, 1.807) is 0 Å². The van der Waals surface area contributed by atoms with Gasteiger partial charge in [0.15, 0.2) is 0 Å². The summed E-state index contributed by atoms with van der Waals surface area (Å²) in [6, 6.07) is 4.38. The van der Waals surface area contributed by atoms with Crippen molar-refractivity contribution in [3.63, 3.8) is 0 Å². The van der Waals surface area contributed by atoms with E-state index in [2.05, 4.69) is 37.2 Å². The summed E-state index contributed by atoms with van der Waals surface area (Å²) in [4.78, 5) is 4.60. The standard InChI is InChI=1S/C16H27N3/c1-4-13-6-5-9-18-15(13)16(19-17)14-8-7-11(2)12(3)10-14/h5-6,9,11-12,14,16,19H,4,7-8,10,17H2,1-3H3. The minimum atomic E-state index is 0.200. The first-order valence-corrected chi connectivity index (χ1v) is 7.57. The van der Waals surface area contributed by atoms with Crippen molar-refractivity contribution in [3.05, 3.63) is 29.6 Å². The Morgan fingerprint density at radius 2 is 2.16 bits per heavy atom. The van der Waals surface area contributed by atoms with Crippen LogP contribution in [0.4, 0.5) is 0 Å². The SMILES string of the molecule is CCc1cccnc1C(NN)C1CCC(C)C(C)C1. The number of aryl methyl sites for hydroxylation is 1. The third-order valence-electron chi connectivity index (χ3n) is 4.89. The molecule has 4 unspecified atom stereocenters. The Morgan fingerprint density at radius 3 is 2.79 bits per heavy atom. The lowest BCUT2D eigenvalue weighted by Crippen LogP contribution is -2.38. The summed E-state index contributed by atoms with van der Waals surface area (Å²) in [6.07, 6.45) is 6.70. The number of pyridine rings is 1. The van der Waals surface area contributed by atoms with Gasteiger partial charge in [0.2, 0.25) is 0 Å². The van der Waals surface area contributed by atoms with E-state index in [1.165, 1.54) is 24.8 Å². The molecule has 1 aromatic heterocycles. The van der Waals surface area contributed by atoms with E-state index in [4.69, 9.17) is 5.84 Å². The van der Waals surface area contributed by atoms with E-state index in [1.807, 2.05) is 12.3 Å². The molecule has 1 saturated carbocycles. The molecule has 19 heavy (non-hydrogen) atoms. The average Bonchev–Trinajstić information content (AvgIpc) is 2.44. The van der Waals surface area contributed by atoms with Crippen molar-refractivity contribution in [1.29, 1.82) is 0 Å². The van der Waals surface area contributed by atoms with Crippen molar-refractivity contribution in [1.82, 2.24) is 10.4 Å². The molecule has 3 N–H and O–H groups in total. The monoisotopic (exact) mass is 261 g/mol. The third kappa shape index (κ3) is 3.15. The maximum absolute atomic E-state index is 5.85. The first kappa shape index (κ1) is 14.5. The fourth-order valence-electron chi connectivity index (χ4n) is 3.36. The molecule has 1 aliphatic rings. The maximum atomic E-state index is 5.85. The van der Waals surface area contributed by atoms with Gasteiger partial charge in [-0.05, 0) is 48.6 Å². The van der Waals surface area contributed by atoms with Crippen LogP contribution < -0.4 is 11.3 Å². The van der Waals surface area contributed by atoms with Gasteiger partial charge in [0.1, 0.15) is 0 Å². The van der Waals surface area contributed by atoms with Crippen LogP contribution in [0.1, 0.15) is 57.3 Å². The number of hydrazine groups is 1. The molecule has 0 saturated heterocycles. The number of nitrogens with one attached hydrogen (secondary N) is 1. The molecular formula is C16H27N3. The Balaban J connectivity index is 2.20. The zero-order valence-corrected chi connectivity index (χ0v) is 12.4. The Kier molecular flexibility index (Phi) is 4.94. The molecule has 3 nitrogen and oxygen atoms in total. The lowest BCUT2D eigenvalue weighted by atomic mass is 9.72. The highest BCUT2D eigenvalue weighted by atomic mass is 15.2. The van der Waals surface area contributed by atoms with Gasteiger partial charge in [-0.2, -0.15) is 0 Å². The van der Waals surface area contributed by atoms with E-state index in [0.29, 0.717) is 5.92 Å². The van der Waals surface area contributed by atoms with Gasteiger partial charge in [-0.25, -0.2) is 0 Å². The van der Waals surface area contributed by atoms with Crippen LogP contribution in [0, 0.1) is 17.8 Å². The third-order valence-corrected chi connectivity index (χ3v) is 4.89. The number of hydrogen-bond acceptors (Lipinski definition) is 3. The number of nitrogens with two attached hydrogens (primary N) is 1. The molecule has 0 amide bonds. The fraction of sp³-hybridized carbons (Fsp3) is 0.688. The molecule has 4 atom stereocenters. The van der Waals surface area contributed by atoms with Crippen LogP contribution in [0.3, 0.4) is 0 Å². The van der Waals surface area contributed by atoms with Gasteiger partial charge in [0.05, 0.1) is 11.7 Å². The van der Waals surface area contributed by atoms with Crippen molar-refractivity contribution in [2.75, 3.05) is 0 Å². The first-order valence-electron chi connectivity index (χ1n) is 7.57. The van der Waals surface area contributed by atoms with Crippen molar-refractivity contribution in [3.8, 4) is 0 Å². The summed E-state index contributed by atoms with van der Waals surface area (Å²) in [7, 11) is 0. The minimum absolute atomic E-state index is 0.200. The smallest absolute Gasteiger partial charge is 0.0663 e. The quantitative estimate of drug-likeness (QED) is 0.646. The molecule has 3 heteroatoms. The Morgan fingerprint density at radius 1 is 1.37 bits per heavy atom. The van der Waals surface area contributed by atoms with Crippen molar-refractivity contribution < 1.29 is 0 Å². The lowest BCUT2D eigenvalue weighted by molar-refractivity contribution is 0.169. The summed E-state index contributed by atoms with van der Waals surface area (Å²) < 4.78 is 0. The molecular weight excluding hydrogens is 234 g/mol. The average molecular weight is 261 g/mol. The summed E-state index contributed by atoms with van der Waals surface area (Å²) in [5.41, 5.74) is 5.50. The Bertz CT molecular complexity index is 405. The van der Waals surface area contributed by atoms with Crippen LogP contribution in [0.2, 0.25) is 0 Å². The van der Waals surface area contributed by atoms with E-state index >= 15 is 0 Å². The predicted molar refractivity (Wildman–Crippen MR) is 79.3 cm³/mol. The minimum Gasteiger partial charge on any atom is -0.271 e. The number of rotatable bonds is 4. The van der Waals surface area contributed by atoms with Crippen LogP contribution in [-0.2, 0) is 6.42 Å². The second-order valence-corrected chi connectivity index (χ2v) is 6.07. The van der Waals surface area contributed by atoms with Crippen LogP contribution in [-0.4, -0.2) is 4.98 Å². The molecule has 0 bridgehead atoms. The Labute approximate surface area is 117 Å². The van der Waals surface area contributed by atoms with Gasteiger partial charge in [-0.1, -0.05) is 33.3 Å². The molecule has 1 fully saturated rings. The highest BCUT2D eigenvalue weighted by molar-refractivity contribution is 5.23. The molecule has 0 spiro atoms. The largest absolute Gasteiger partial charge is 0.271 e. The topological polar surface area (TPSA) is 50.9 Å². The molecule has 2 rings (SSSR count). The Hall–Kier alpha value is -0.930. The van der Waals surface area contributed by atoms with Crippen LogP contribution in [0.15, 0.2) is 18.3 Å². The zero-order chi connectivity index (χ0) is 13.8. The number of nitrogens with zero attached hydrogens (tertiary/aromatic N) is 1. The van der Waals surface area contributed by atoms with Gasteiger partial charge in [0.25, 0.3) is 0 Å². The molecule has 106 valence electrons. The van der Waals surface area contributed by atoms with Gasteiger partial charge in [-0.3, -0.25) is 16.3 Å². The maximum Gasteiger partial charge on any atom is 0.0663 e. The van der Waals surface area contributed by atoms with E-state index in [-0.39, 0.29) is 6.04 Å². The molecule has 1 aromatic rings. The lowest BCUT2D eigenvalue weighted by Gasteiger charge is -2.36. The van der Waals surface area contributed by atoms with Crippen LogP contribution >= 0.6 is 0 Å². The summed E-state index contributed by atoms with van der Waals surface area (Å²) in [5.74, 6) is 8.08. The number of hydrogen-bond donors (Lipinski definition) is 2. The summed E-state index contributed by atoms with van der Waals surface area (Å²) in [6.45, 7) is 6.91. The molecule has 1 heterocycles. The van der Waals surface area contributed by atoms with Gasteiger partial charge < -0.3 is 0 Å².